The number of pyridine rings is 1. The van der Waals surface area contributed by atoms with Gasteiger partial charge in [0.15, 0.2) is 0 Å². The molecular weight excluding hydrogens is 450 g/mol. The number of aryl methyl sites for hydroxylation is 2. The number of nitrogens with zero attached hydrogens (tertiary/aromatic N) is 1. The number of hydrogen-bond acceptors (Lipinski definition) is 5. The molecule has 36 heavy (non-hydrogen) atoms. The van der Waals surface area contributed by atoms with E-state index in [2.05, 4.69) is 50.2 Å². The Morgan fingerprint density at radius 3 is 2.58 bits per heavy atom. The lowest BCUT2D eigenvalue weighted by Gasteiger charge is -2.22. The number of hydrogen-bond donors (Lipinski definition) is 1. The number of rotatable bonds is 4. The predicted octanol–water partition coefficient (Wildman–Crippen LogP) is 6.49. The summed E-state index contributed by atoms with van der Waals surface area (Å²) >= 11 is 0. The van der Waals surface area contributed by atoms with Crippen molar-refractivity contribution < 1.29 is 19.4 Å². The van der Waals surface area contributed by atoms with Gasteiger partial charge < -0.3 is 14.6 Å². The van der Waals surface area contributed by atoms with Crippen molar-refractivity contribution in [2.45, 2.75) is 60.0 Å². The first kappa shape index (κ1) is 25.6. The predicted molar refractivity (Wildman–Crippen MR) is 146 cm³/mol. The zero-order valence-corrected chi connectivity index (χ0v) is 22.1. The molecule has 0 saturated heterocycles. The van der Waals surface area contributed by atoms with Crippen molar-refractivity contribution in [3.8, 4) is 16.9 Å². The van der Waals surface area contributed by atoms with E-state index in [1.807, 2.05) is 19.2 Å². The van der Waals surface area contributed by atoms with Gasteiger partial charge in [0.05, 0.1) is 30.8 Å². The molecule has 1 aromatic heterocycles. The lowest BCUT2D eigenvalue weighted by molar-refractivity contribution is -0.142. The molecule has 0 saturated carbocycles. The van der Waals surface area contributed by atoms with E-state index in [1.165, 1.54) is 11.1 Å². The van der Waals surface area contributed by atoms with Gasteiger partial charge in [-0.2, -0.15) is 0 Å². The highest BCUT2D eigenvalue weighted by Gasteiger charge is 2.22. The van der Waals surface area contributed by atoms with E-state index in [0.29, 0.717) is 13.2 Å². The molecule has 0 fully saturated rings. The van der Waals surface area contributed by atoms with Gasteiger partial charge in [-0.25, -0.2) is 0 Å². The van der Waals surface area contributed by atoms with Crippen LogP contribution in [0.4, 0.5) is 0 Å². The number of aliphatic hydroxyl groups is 1. The molecule has 0 amide bonds. The first-order valence-corrected chi connectivity index (χ1v) is 12.5. The molecular formula is C31H35NO4. The van der Waals surface area contributed by atoms with Gasteiger partial charge in [0.2, 0.25) is 0 Å². The van der Waals surface area contributed by atoms with Gasteiger partial charge in [0.1, 0.15) is 5.75 Å². The van der Waals surface area contributed by atoms with E-state index < -0.39 is 5.60 Å². The van der Waals surface area contributed by atoms with E-state index in [1.54, 1.807) is 20.8 Å². The van der Waals surface area contributed by atoms with E-state index in [9.17, 15) is 4.79 Å². The van der Waals surface area contributed by atoms with Crippen molar-refractivity contribution in [3.05, 3.63) is 70.9 Å². The molecule has 188 valence electrons. The molecule has 4 aromatic rings. The van der Waals surface area contributed by atoms with Crippen LogP contribution in [0.15, 0.2) is 48.7 Å². The van der Waals surface area contributed by atoms with Crippen molar-refractivity contribution >= 4 is 27.6 Å². The van der Waals surface area contributed by atoms with Gasteiger partial charge in [-0.15, -0.1) is 0 Å². The van der Waals surface area contributed by atoms with Gasteiger partial charge in [0, 0.05) is 23.6 Å². The second kappa shape index (κ2) is 10.3. The van der Waals surface area contributed by atoms with E-state index in [0.717, 1.165) is 56.1 Å². The van der Waals surface area contributed by atoms with Gasteiger partial charge in [-0.1, -0.05) is 29.8 Å². The van der Waals surface area contributed by atoms with Gasteiger partial charge in [-0.3, -0.25) is 9.78 Å². The van der Waals surface area contributed by atoms with Crippen molar-refractivity contribution in [3.63, 3.8) is 0 Å². The average molecular weight is 486 g/mol. The molecule has 2 heterocycles. The number of ether oxygens (including phenoxy) is 2. The van der Waals surface area contributed by atoms with Crippen LogP contribution < -0.4 is 4.74 Å². The van der Waals surface area contributed by atoms with Crippen LogP contribution in [0.25, 0.3) is 32.8 Å². The maximum Gasteiger partial charge on any atom is 0.310 e. The SMILES string of the molecule is CC(C)(C)O.CCOC(=O)Cc1c(C)cc2cc(C)ccc2c1-c1ccc2c3c(ccnc13)CCO2. The highest BCUT2D eigenvalue weighted by molar-refractivity contribution is 6.08. The second-order valence-electron chi connectivity index (χ2n) is 10.3. The summed E-state index contributed by atoms with van der Waals surface area (Å²) in [5.74, 6) is 0.671. The zero-order chi connectivity index (χ0) is 26.0. The number of benzene rings is 3. The summed E-state index contributed by atoms with van der Waals surface area (Å²) in [7, 11) is 0. The molecule has 0 radical (unpaired) electrons. The molecule has 1 aliphatic rings. The van der Waals surface area contributed by atoms with Crippen molar-refractivity contribution in [1.82, 2.24) is 4.98 Å². The Hall–Kier alpha value is -3.44. The molecule has 3 aromatic carbocycles. The molecule has 1 aliphatic heterocycles. The number of esters is 1. The number of aromatic nitrogens is 1. The fraction of sp³-hybridized carbons (Fsp3) is 0.355. The zero-order valence-electron chi connectivity index (χ0n) is 22.1. The summed E-state index contributed by atoms with van der Waals surface area (Å²) in [5, 5.41) is 11.9. The number of carbonyl (C=O) groups excluding carboxylic acids is 1. The minimum Gasteiger partial charge on any atom is -0.493 e. The Morgan fingerprint density at radius 2 is 1.86 bits per heavy atom. The van der Waals surface area contributed by atoms with E-state index >= 15 is 0 Å². The van der Waals surface area contributed by atoms with Crippen molar-refractivity contribution in [2.24, 2.45) is 0 Å². The lowest BCUT2D eigenvalue weighted by Crippen LogP contribution is -2.11. The smallest absolute Gasteiger partial charge is 0.310 e. The van der Waals surface area contributed by atoms with Crippen LogP contribution in [0.3, 0.4) is 0 Å². The summed E-state index contributed by atoms with van der Waals surface area (Å²) in [6, 6.07) is 14.8. The minimum absolute atomic E-state index is 0.211. The summed E-state index contributed by atoms with van der Waals surface area (Å²) in [5.41, 5.74) is 7.05. The molecule has 0 spiro atoms. The van der Waals surface area contributed by atoms with Gasteiger partial charge in [0.25, 0.3) is 0 Å². The van der Waals surface area contributed by atoms with Crippen LogP contribution in [0.1, 0.15) is 49.9 Å². The second-order valence-corrected chi connectivity index (χ2v) is 10.3. The molecule has 5 rings (SSSR count). The Labute approximate surface area is 213 Å². The highest BCUT2D eigenvalue weighted by Crippen LogP contribution is 2.42. The number of carbonyl (C=O) groups is 1. The third-order valence-corrected chi connectivity index (χ3v) is 6.09. The third kappa shape index (κ3) is 5.52. The summed E-state index contributed by atoms with van der Waals surface area (Å²) in [4.78, 5) is 17.3. The molecule has 1 N–H and O–H groups in total. The molecule has 0 bridgehead atoms. The minimum atomic E-state index is -0.500. The van der Waals surface area contributed by atoms with Crippen LogP contribution in [-0.4, -0.2) is 34.9 Å². The fourth-order valence-electron chi connectivity index (χ4n) is 4.70. The van der Waals surface area contributed by atoms with Gasteiger partial charge in [-0.05, 0) is 92.8 Å². The first-order valence-electron chi connectivity index (χ1n) is 12.5. The van der Waals surface area contributed by atoms with Crippen molar-refractivity contribution in [2.75, 3.05) is 13.2 Å². The van der Waals surface area contributed by atoms with E-state index in [4.69, 9.17) is 19.6 Å². The third-order valence-electron chi connectivity index (χ3n) is 6.09. The first-order chi connectivity index (χ1) is 17.1. The van der Waals surface area contributed by atoms with E-state index in [-0.39, 0.29) is 12.4 Å². The fourth-order valence-corrected chi connectivity index (χ4v) is 4.70. The topological polar surface area (TPSA) is 68.7 Å². The monoisotopic (exact) mass is 485 g/mol. The maximum atomic E-state index is 12.5. The van der Waals surface area contributed by atoms with Crippen molar-refractivity contribution in [1.29, 1.82) is 0 Å². The number of fused-ring (bicyclic) bond motifs is 1. The van der Waals surface area contributed by atoms with Gasteiger partial charge >= 0.3 is 5.97 Å². The Kier molecular flexibility index (Phi) is 7.32. The van der Waals surface area contributed by atoms with Crippen LogP contribution in [0, 0.1) is 13.8 Å². The molecule has 5 heteroatoms. The Morgan fingerprint density at radius 1 is 1.11 bits per heavy atom. The molecule has 0 atom stereocenters. The molecule has 5 nitrogen and oxygen atoms in total. The summed E-state index contributed by atoms with van der Waals surface area (Å²) < 4.78 is 11.2. The highest BCUT2D eigenvalue weighted by atomic mass is 16.5. The largest absolute Gasteiger partial charge is 0.493 e. The molecule has 0 aliphatic carbocycles. The lowest BCUT2D eigenvalue weighted by atomic mass is 9.86. The molecule has 0 unspecified atom stereocenters. The normalized spacial score (nSPS) is 12.6. The van der Waals surface area contributed by atoms with Crippen LogP contribution >= 0.6 is 0 Å². The van der Waals surface area contributed by atoms with Crippen LogP contribution in [0.2, 0.25) is 0 Å². The van der Waals surface area contributed by atoms with Crippen LogP contribution in [-0.2, 0) is 22.4 Å². The summed E-state index contributed by atoms with van der Waals surface area (Å²) in [6.07, 6.45) is 2.99. The Bertz CT molecular complexity index is 1420. The summed E-state index contributed by atoms with van der Waals surface area (Å²) in [6.45, 7) is 12.3. The average Bonchev–Trinajstić information content (AvgIpc) is 2.80. The van der Waals surface area contributed by atoms with Crippen LogP contribution in [0.5, 0.6) is 5.75 Å². The standard InChI is InChI=1S/C27H25NO3.C4H10O/c1-4-30-24(29)15-22-17(3)14-19-13-16(2)5-6-20(19)26(22)21-7-8-23-25-18(10-12-31-23)9-11-28-27(21)25;1-4(2,3)5/h5-9,11,13-14H,4,10,12,15H2,1-3H3;5H,1-3H3. The maximum absolute atomic E-state index is 12.5. The Balaban J connectivity index is 0.000000556. The quantitative estimate of drug-likeness (QED) is 0.335.